The lowest BCUT2D eigenvalue weighted by Gasteiger charge is -2.06. The Morgan fingerprint density at radius 3 is 2.32 bits per heavy atom. The van der Waals surface area contributed by atoms with Gasteiger partial charge < -0.3 is 11.1 Å². The molecule has 19 heavy (non-hydrogen) atoms. The maximum absolute atomic E-state index is 11.4. The Morgan fingerprint density at radius 2 is 1.79 bits per heavy atom. The van der Waals surface area contributed by atoms with Crippen molar-refractivity contribution in [2.75, 3.05) is 24.4 Å². The molecule has 0 radical (unpaired) electrons. The highest BCUT2D eigenvalue weighted by molar-refractivity contribution is 7.90. The molecule has 3 N–H and O–H groups in total. The summed E-state index contributed by atoms with van der Waals surface area (Å²) in [5, 5.41) is 2.89. The quantitative estimate of drug-likeness (QED) is 0.874. The molecule has 0 fully saturated rings. The molecule has 100 valence electrons. The summed E-state index contributed by atoms with van der Waals surface area (Å²) in [6, 6.07) is 8.21. The van der Waals surface area contributed by atoms with Gasteiger partial charge in [-0.05, 0) is 12.1 Å². The number of nitrogens with zero attached hydrogens (tertiary/aromatic N) is 2. The van der Waals surface area contributed by atoms with Crippen molar-refractivity contribution >= 4 is 21.6 Å². The number of nitrogens with two attached hydrogens (primary N) is 1. The predicted octanol–water partition coefficient (Wildman–Crippen LogP) is 1.17. The minimum absolute atomic E-state index is 0.161. The summed E-state index contributed by atoms with van der Waals surface area (Å²) in [7, 11) is -1.46. The molecule has 0 aliphatic rings. The van der Waals surface area contributed by atoms with Crippen LogP contribution in [0.25, 0.3) is 11.3 Å². The Morgan fingerprint density at radius 1 is 1.16 bits per heavy atom. The predicted molar refractivity (Wildman–Crippen MR) is 74.5 cm³/mol. The molecule has 0 aliphatic carbocycles. The lowest BCUT2D eigenvalue weighted by molar-refractivity contribution is 0.602. The van der Waals surface area contributed by atoms with E-state index >= 15 is 0 Å². The van der Waals surface area contributed by atoms with E-state index in [0.717, 1.165) is 5.56 Å². The number of hydrogen-bond acceptors (Lipinski definition) is 6. The highest BCUT2D eigenvalue weighted by Crippen LogP contribution is 2.22. The van der Waals surface area contributed by atoms with E-state index in [1.807, 2.05) is 0 Å². The highest BCUT2D eigenvalue weighted by Gasteiger charge is 2.08. The fourth-order valence-electron chi connectivity index (χ4n) is 1.61. The topological polar surface area (TPSA) is 98.0 Å². The molecular formula is C12H14N4O2S. The van der Waals surface area contributed by atoms with Gasteiger partial charge in [-0.25, -0.2) is 13.4 Å². The van der Waals surface area contributed by atoms with E-state index in [2.05, 4.69) is 15.3 Å². The third-order valence-corrected chi connectivity index (χ3v) is 3.71. The summed E-state index contributed by atoms with van der Waals surface area (Å²) < 4.78 is 22.8. The Balaban J connectivity index is 2.45. The Kier molecular flexibility index (Phi) is 3.39. The van der Waals surface area contributed by atoms with Crippen molar-refractivity contribution in [3.05, 3.63) is 30.3 Å². The van der Waals surface area contributed by atoms with Gasteiger partial charge in [0.1, 0.15) is 5.82 Å². The maximum atomic E-state index is 11.4. The van der Waals surface area contributed by atoms with Gasteiger partial charge >= 0.3 is 0 Å². The molecule has 0 atom stereocenters. The van der Waals surface area contributed by atoms with Crippen molar-refractivity contribution in [1.82, 2.24) is 9.97 Å². The van der Waals surface area contributed by atoms with Crippen LogP contribution in [0.5, 0.6) is 0 Å². The Bertz CT molecular complexity index is 696. The molecule has 0 saturated carbocycles. The van der Waals surface area contributed by atoms with Crippen LogP contribution in [-0.4, -0.2) is 31.7 Å². The highest BCUT2D eigenvalue weighted by atomic mass is 32.2. The van der Waals surface area contributed by atoms with Gasteiger partial charge in [-0.3, -0.25) is 0 Å². The van der Waals surface area contributed by atoms with Gasteiger partial charge in [0.25, 0.3) is 0 Å². The Hall–Kier alpha value is -2.15. The first kappa shape index (κ1) is 13.3. The lowest BCUT2D eigenvalue weighted by Crippen LogP contribution is -2.01. The van der Waals surface area contributed by atoms with Gasteiger partial charge in [-0.1, -0.05) is 12.1 Å². The van der Waals surface area contributed by atoms with Crippen LogP contribution >= 0.6 is 0 Å². The Labute approximate surface area is 111 Å². The van der Waals surface area contributed by atoms with Crippen LogP contribution in [0, 0.1) is 0 Å². The second kappa shape index (κ2) is 4.85. The van der Waals surface area contributed by atoms with Crippen molar-refractivity contribution in [1.29, 1.82) is 0 Å². The number of anilines is 2. The SMILES string of the molecule is CNc1cc(-c2ccc(S(C)(=O)=O)cc2)nc(N)n1. The molecule has 2 rings (SSSR count). The summed E-state index contributed by atoms with van der Waals surface area (Å²) in [5.74, 6) is 0.767. The van der Waals surface area contributed by atoms with Crippen LogP contribution in [0.15, 0.2) is 35.2 Å². The minimum Gasteiger partial charge on any atom is -0.373 e. The first-order valence-corrected chi connectivity index (χ1v) is 7.42. The molecule has 0 bridgehead atoms. The number of nitrogens with one attached hydrogen (secondary N) is 1. The van der Waals surface area contributed by atoms with Gasteiger partial charge in [-0.15, -0.1) is 0 Å². The fourth-order valence-corrected chi connectivity index (χ4v) is 2.25. The summed E-state index contributed by atoms with van der Waals surface area (Å²) in [6.07, 6.45) is 1.17. The molecule has 1 aromatic carbocycles. The van der Waals surface area contributed by atoms with E-state index in [0.29, 0.717) is 11.5 Å². The van der Waals surface area contributed by atoms with Crippen molar-refractivity contribution in [3.8, 4) is 11.3 Å². The van der Waals surface area contributed by atoms with Crippen molar-refractivity contribution < 1.29 is 8.42 Å². The molecular weight excluding hydrogens is 264 g/mol. The molecule has 0 spiro atoms. The molecule has 1 aromatic heterocycles. The first-order valence-electron chi connectivity index (χ1n) is 5.53. The molecule has 7 heteroatoms. The van der Waals surface area contributed by atoms with E-state index in [4.69, 9.17) is 5.73 Å². The van der Waals surface area contributed by atoms with Crippen LogP contribution in [0.3, 0.4) is 0 Å². The lowest BCUT2D eigenvalue weighted by atomic mass is 10.1. The molecule has 0 amide bonds. The van der Waals surface area contributed by atoms with Crippen molar-refractivity contribution in [2.45, 2.75) is 4.90 Å². The number of hydrogen-bond donors (Lipinski definition) is 2. The van der Waals surface area contributed by atoms with Crippen molar-refractivity contribution in [2.24, 2.45) is 0 Å². The van der Waals surface area contributed by atoms with E-state index in [1.54, 1.807) is 37.4 Å². The van der Waals surface area contributed by atoms with Gasteiger partial charge in [-0.2, -0.15) is 4.98 Å². The minimum atomic E-state index is -3.19. The zero-order valence-corrected chi connectivity index (χ0v) is 11.4. The van der Waals surface area contributed by atoms with Gasteiger partial charge in [0.05, 0.1) is 10.6 Å². The monoisotopic (exact) mass is 278 g/mol. The van der Waals surface area contributed by atoms with Crippen LogP contribution in [-0.2, 0) is 9.84 Å². The van der Waals surface area contributed by atoms with Gasteiger partial charge in [0.2, 0.25) is 5.95 Å². The van der Waals surface area contributed by atoms with E-state index in [-0.39, 0.29) is 10.8 Å². The summed E-state index contributed by atoms with van der Waals surface area (Å²) >= 11 is 0. The normalized spacial score (nSPS) is 11.3. The maximum Gasteiger partial charge on any atom is 0.222 e. The standard InChI is InChI=1S/C12H14N4O2S/c1-14-11-7-10(15-12(13)16-11)8-3-5-9(6-4-8)19(2,17)18/h3-7H,1-2H3,(H3,13,14,15,16). The van der Waals surface area contributed by atoms with Crippen LogP contribution in [0.4, 0.5) is 11.8 Å². The number of nitrogen functional groups attached to an aromatic ring is 1. The summed E-state index contributed by atoms with van der Waals surface area (Å²) in [4.78, 5) is 8.39. The van der Waals surface area contributed by atoms with Crippen molar-refractivity contribution in [3.63, 3.8) is 0 Å². The smallest absolute Gasteiger partial charge is 0.222 e. The van der Waals surface area contributed by atoms with E-state index in [9.17, 15) is 8.42 Å². The van der Waals surface area contributed by atoms with E-state index in [1.165, 1.54) is 6.26 Å². The fraction of sp³-hybridized carbons (Fsp3) is 0.167. The third kappa shape index (κ3) is 3.00. The summed E-state index contributed by atoms with van der Waals surface area (Å²) in [5.41, 5.74) is 7.03. The second-order valence-electron chi connectivity index (χ2n) is 4.04. The zero-order valence-electron chi connectivity index (χ0n) is 10.6. The molecule has 0 saturated heterocycles. The number of sulfone groups is 1. The third-order valence-electron chi connectivity index (χ3n) is 2.58. The average Bonchev–Trinajstić information content (AvgIpc) is 2.37. The summed E-state index contributed by atoms with van der Waals surface area (Å²) in [6.45, 7) is 0. The molecule has 0 aliphatic heterocycles. The number of benzene rings is 1. The van der Waals surface area contributed by atoms with E-state index < -0.39 is 9.84 Å². The average molecular weight is 278 g/mol. The van der Waals surface area contributed by atoms with Gasteiger partial charge in [0.15, 0.2) is 9.84 Å². The second-order valence-corrected chi connectivity index (χ2v) is 6.06. The molecule has 0 unspecified atom stereocenters. The van der Waals surface area contributed by atoms with Crippen LogP contribution < -0.4 is 11.1 Å². The largest absolute Gasteiger partial charge is 0.373 e. The van der Waals surface area contributed by atoms with Crippen LogP contribution in [0.2, 0.25) is 0 Å². The van der Waals surface area contributed by atoms with Crippen LogP contribution in [0.1, 0.15) is 0 Å². The molecule has 6 nitrogen and oxygen atoms in total. The number of aromatic nitrogens is 2. The molecule has 2 aromatic rings. The molecule has 1 heterocycles. The van der Waals surface area contributed by atoms with Gasteiger partial charge in [0, 0.05) is 24.9 Å². The first-order chi connectivity index (χ1) is 8.90. The zero-order chi connectivity index (χ0) is 14.0. The number of rotatable bonds is 3.